The Labute approximate surface area is 103 Å². The predicted molar refractivity (Wildman–Crippen MR) is 68.8 cm³/mol. The molecule has 1 aliphatic heterocycles. The van der Waals surface area contributed by atoms with Gasteiger partial charge in [-0.2, -0.15) is 0 Å². The molecule has 1 fully saturated rings. The Morgan fingerprint density at radius 2 is 2.35 bits per heavy atom. The lowest BCUT2D eigenvalue weighted by Crippen LogP contribution is -2.41. The van der Waals surface area contributed by atoms with Crippen molar-refractivity contribution in [2.75, 3.05) is 6.54 Å². The van der Waals surface area contributed by atoms with Gasteiger partial charge in [0.1, 0.15) is 0 Å². The van der Waals surface area contributed by atoms with Crippen LogP contribution in [0.4, 0.5) is 0 Å². The third-order valence-electron chi connectivity index (χ3n) is 3.28. The van der Waals surface area contributed by atoms with E-state index in [0.29, 0.717) is 0 Å². The Balaban J connectivity index is 1.96. The van der Waals surface area contributed by atoms with E-state index >= 15 is 0 Å². The molecule has 2 atom stereocenters. The lowest BCUT2D eigenvalue weighted by molar-refractivity contribution is -0.123. The fourth-order valence-electron chi connectivity index (χ4n) is 2.25. The molecule has 0 saturated carbocycles. The zero-order valence-corrected chi connectivity index (χ0v) is 10.5. The molecular formula is C14H20N2O. The maximum atomic E-state index is 11.9. The van der Waals surface area contributed by atoms with Crippen molar-refractivity contribution in [1.82, 2.24) is 10.6 Å². The van der Waals surface area contributed by atoms with Gasteiger partial charge in [-0.25, -0.2) is 0 Å². The highest BCUT2D eigenvalue weighted by Crippen LogP contribution is 2.14. The molecule has 1 saturated heterocycles. The van der Waals surface area contributed by atoms with Crippen molar-refractivity contribution in [2.24, 2.45) is 0 Å². The Hall–Kier alpha value is -1.35. The molecule has 1 amide bonds. The summed E-state index contributed by atoms with van der Waals surface area (Å²) >= 11 is 0. The monoisotopic (exact) mass is 232 g/mol. The van der Waals surface area contributed by atoms with Crippen molar-refractivity contribution in [3.05, 3.63) is 35.4 Å². The molecule has 2 rings (SSSR count). The number of amides is 1. The molecule has 0 unspecified atom stereocenters. The van der Waals surface area contributed by atoms with Gasteiger partial charge in [-0.05, 0) is 38.8 Å². The molecule has 1 heterocycles. The largest absolute Gasteiger partial charge is 0.348 e. The highest BCUT2D eigenvalue weighted by Gasteiger charge is 2.23. The molecule has 2 N–H and O–H groups in total. The first-order valence-corrected chi connectivity index (χ1v) is 6.27. The third-order valence-corrected chi connectivity index (χ3v) is 3.28. The van der Waals surface area contributed by atoms with Gasteiger partial charge in [0.15, 0.2) is 0 Å². The predicted octanol–water partition coefficient (Wildman–Crippen LogP) is 1.92. The molecule has 17 heavy (non-hydrogen) atoms. The fraction of sp³-hybridized carbons (Fsp3) is 0.500. The Morgan fingerprint density at radius 3 is 3.00 bits per heavy atom. The number of nitrogens with one attached hydrogen (secondary N) is 2. The minimum Gasteiger partial charge on any atom is -0.348 e. The average molecular weight is 232 g/mol. The molecule has 3 nitrogen and oxygen atoms in total. The van der Waals surface area contributed by atoms with E-state index in [-0.39, 0.29) is 18.0 Å². The van der Waals surface area contributed by atoms with Crippen LogP contribution in [0.1, 0.15) is 36.9 Å². The smallest absolute Gasteiger partial charge is 0.237 e. The molecule has 1 aromatic carbocycles. The van der Waals surface area contributed by atoms with Crippen LogP contribution in [-0.4, -0.2) is 18.5 Å². The summed E-state index contributed by atoms with van der Waals surface area (Å²) in [4.78, 5) is 11.9. The standard InChI is InChI=1S/C14H20N2O/c1-10-5-3-6-12(9-10)11(2)16-14(17)13-7-4-8-15-13/h3,5-6,9,11,13,15H,4,7-8H2,1-2H3,(H,16,17)/t11-,13-/m0/s1. The molecule has 0 radical (unpaired) electrons. The first kappa shape index (κ1) is 12.1. The second-order valence-electron chi connectivity index (χ2n) is 4.79. The quantitative estimate of drug-likeness (QED) is 0.836. The topological polar surface area (TPSA) is 41.1 Å². The van der Waals surface area contributed by atoms with Crippen LogP contribution >= 0.6 is 0 Å². The van der Waals surface area contributed by atoms with Crippen LogP contribution in [0.3, 0.4) is 0 Å². The van der Waals surface area contributed by atoms with E-state index in [9.17, 15) is 4.79 Å². The Morgan fingerprint density at radius 1 is 1.53 bits per heavy atom. The number of hydrogen-bond donors (Lipinski definition) is 2. The molecular weight excluding hydrogens is 212 g/mol. The second kappa shape index (κ2) is 5.32. The van der Waals surface area contributed by atoms with E-state index in [1.165, 1.54) is 5.56 Å². The summed E-state index contributed by atoms with van der Waals surface area (Å²) < 4.78 is 0. The lowest BCUT2D eigenvalue weighted by atomic mass is 10.1. The highest BCUT2D eigenvalue weighted by molar-refractivity contribution is 5.82. The van der Waals surface area contributed by atoms with Gasteiger partial charge in [-0.1, -0.05) is 29.8 Å². The minimum atomic E-state index is 0.00209. The summed E-state index contributed by atoms with van der Waals surface area (Å²) in [6.45, 7) is 5.05. The average Bonchev–Trinajstić information content (AvgIpc) is 2.82. The van der Waals surface area contributed by atoms with Gasteiger partial charge in [-0.3, -0.25) is 4.79 Å². The minimum absolute atomic E-state index is 0.00209. The van der Waals surface area contributed by atoms with Crippen LogP contribution in [0.15, 0.2) is 24.3 Å². The van der Waals surface area contributed by atoms with Gasteiger partial charge in [0.25, 0.3) is 0 Å². The molecule has 0 spiro atoms. The van der Waals surface area contributed by atoms with Crippen LogP contribution in [0, 0.1) is 6.92 Å². The van der Waals surface area contributed by atoms with Crippen molar-refractivity contribution in [2.45, 2.75) is 38.8 Å². The van der Waals surface area contributed by atoms with E-state index in [4.69, 9.17) is 0 Å². The molecule has 1 aromatic rings. The number of carbonyl (C=O) groups excluding carboxylic acids is 1. The van der Waals surface area contributed by atoms with Crippen LogP contribution in [0.2, 0.25) is 0 Å². The number of rotatable bonds is 3. The maximum Gasteiger partial charge on any atom is 0.237 e. The van der Waals surface area contributed by atoms with Gasteiger partial charge >= 0.3 is 0 Å². The first-order valence-electron chi connectivity index (χ1n) is 6.27. The summed E-state index contributed by atoms with van der Waals surface area (Å²) in [5, 5.41) is 6.28. The summed E-state index contributed by atoms with van der Waals surface area (Å²) in [6.07, 6.45) is 2.04. The van der Waals surface area contributed by atoms with Gasteiger partial charge in [0.2, 0.25) is 5.91 Å². The zero-order chi connectivity index (χ0) is 12.3. The van der Waals surface area contributed by atoms with Crippen molar-refractivity contribution in [3.63, 3.8) is 0 Å². The summed E-state index contributed by atoms with van der Waals surface area (Å²) in [5.41, 5.74) is 2.39. The van der Waals surface area contributed by atoms with E-state index in [0.717, 1.165) is 24.9 Å². The van der Waals surface area contributed by atoms with Crippen molar-refractivity contribution >= 4 is 5.91 Å². The Kier molecular flexibility index (Phi) is 3.79. The highest BCUT2D eigenvalue weighted by atomic mass is 16.2. The fourth-order valence-corrected chi connectivity index (χ4v) is 2.25. The summed E-state index contributed by atoms with van der Waals surface area (Å²) in [6, 6.07) is 8.34. The molecule has 92 valence electrons. The number of hydrogen-bond acceptors (Lipinski definition) is 2. The number of benzene rings is 1. The SMILES string of the molecule is Cc1cccc([C@H](C)NC(=O)[C@@H]2CCCN2)c1. The number of carbonyl (C=O) groups is 1. The van der Waals surface area contributed by atoms with E-state index in [1.54, 1.807) is 0 Å². The van der Waals surface area contributed by atoms with E-state index in [2.05, 4.69) is 35.8 Å². The molecule has 1 aliphatic rings. The molecule has 0 aromatic heterocycles. The lowest BCUT2D eigenvalue weighted by Gasteiger charge is -2.18. The van der Waals surface area contributed by atoms with Crippen LogP contribution in [0.5, 0.6) is 0 Å². The Bertz CT molecular complexity index is 397. The summed E-state index contributed by atoms with van der Waals surface area (Å²) in [5.74, 6) is 0.122. The van der Waals surface area contributed by atoms with Crippen LogP contribution in [-0.2, 0) is 4.79 Å². The van der Waals surface area contributed by atoms with Crippen molar-refractivity contribution in [3.8, 4) is 0 Å². The molecule has 0 bridgehead atoms. The molecule has 0 aliphatic carbocycles. The van der Waals surface area contributed by atoms with Gasteiger partial charge in [0, 0.05) is 0 Å². The first-order chi connectivity index (χ1) is 8.16. The number of aryl methyl sites for hydroxylation is 1. The van der Waals surface area contributed by atoms with Gasteiger partial charge in [0.05, 0.1) is 12.1 Å². The van der Waals surface area contributed by atoms with E-state index in [1.807, 2.05) is 13.0 Å². The maximum absolute atomic E-state index is 11.9. The van der Waals surface area contributed by atoms with Gasteiger partial charge in [-0.15, -0.1) is 0 Å². The zero-order valence-electron chi connectivity index (χ0n) is 10.5. The van der Waals surface area contributed by atoms with Crippen molar-refractivity contribution in [1.29, 1.82) is 0 Å². The van der Waals surface area contributed by atoms with E-state index < -0.39 is 0 Å². The van der Waals surface area contributed by atoms with Crippen LogP contribution in [0.25, 0.3) is 0 Å². The van der Waals surface area contributed by atoms with Gasteiger partial charge < -0.3 is 10.6 Å². The van der Waals surface area contributed by atoms with Crippen LogP contribution < -0.4 is 10.6 Å². The summed E-state index contributed by atoms with van der Waals surface area (Å²) in [7, 11) is 0. The normalized spacial score (nSPS) is 21.2. The third kappa shape index (κ3) is 3.07. The second-order valence-corrected chi connectivity index (χ2v) is 4.79. The molecule has 3 heteroatoms. The van der Waals surface area contributed by atoms with Crippen molar-refractivity contribution < 1.29 is 4.79 Å².